The van der Waals surface area contributed by atoms with E-state index in [1.54, 1.807) is 0 Å². The predicted molar refractivity (Wildman–Crippen MR) is 77.0 cm³/mol. The lowest BCUT2D eigenvalue weighted by Crippen LogP contribution is -2.15. The molecule has 0 bridgehead atoms. The van der Waals surface area contributed by atoms with E-state index in [1.165, 1.54) is 18.9 Å². The first-order valence-corrected chi connectivity index (χ1v) is 7.00. The fraction of sp³-hybridized carbons (Fsp3) is 0.294. The number of nitrogens with one attached hydrogen (secondary N) is 1. The van der Waals surface area contributed by atoms with Crippen LogP contribution >= 0.6 is 0 Å². The van der Waals surface area contributed by atoms with Crippen molar-refractivity contribution in [1.82, 2.24) is 5.32 Å². The second-order valence-electron chi connectivity index (χ2n) is 5.18. The second kappa shape index (κ2) is 6.06. The van der Waals surface area contributed by atoms with Gasteiger partial charge in [0.25, 0.3) is 0 Å². The van der Waals surface area contributed by atoms with Gasteiger partial charge in [-0.25, -0.2) is 4.39 Å². The predicted octanol–water partition coefficient (Wildman–Crippen LogP) is 3.66. The zero-order valence-corrected chi connectivity index (χ0v) is 11.3. The Bertz CT molecular complexity index is 566. The molecule has 1 aliphatic carbocycles. The highest BCUT2D eigenvalue weighted by atomic mass is 19.1. The SMILES string of the molecule is Fc1ccc(CNC2CC2)cc1COc1ccccc1. The van der Waals surface area contributed by atoms with E-state index < -0.39 is 0 Å². The summed E-state index contributed by atoms with van der Waals surface area (Å²) in [6.45, 7) is 1.05. The van der Waals surface area contributed by atoms with Crippen molar-refractivity contribution in [1.29, 1.82) is 0 Å². The van der Waals surface area contributed by atoms with Crippen LogP contribution in [-0.2, 0) is 13.2 Å². The van der Waals surface area contributed by atoms with E-state index in [1.807, 2.05) is 42.5 Å². The van der Waals surface area contributed by atoms with Gasteiger partial charge in [0.05, 0.1) is 0 Å². The average molecular weight is 271 g/mol. The summed E-state index contributed by atoms with van der Waals surface area (Å²) in [5.41, 5.74) is 1.70. The van der Waals surface area contributed by atoms with Crippen molar-refractivity contribution in [3.8, 4) is 5.75 Å². The summed E-state index contributed by atoms with van der Waals surface area (Å²) in [6, 6.07) is 15.4. The lowest BCUT2D eigenvalue weighted by molar-refractivity contribution is 0.299. The molecule has 0 spiro atoms. The van der Waals surface area contributed by atoms with Crippen molar-refractivity contribution in [3.63, 3.8) is 0 Å². The molecule has 1 N–H and O–H groups in total. The van der Waals surface area contributed by atoms with Crippen molar-refractivity contribution < 1.29 is 9.13 Å². The number of halogens is 1. The maximum atomic E-state index is 13.8. The monoisotopic (exact) mass is 271 g/mol. The molecule has 0 heterocycles. The Balaban J connectivity index is 1.63. The summed E-state index contributed by atoms with van der Waals surface area (Å²) in [6.07, 6.45) is 2.51. The van der Waals surface area contributed by atoms with E-state index in [0.717, 1.165) is 17.9 Å². The van der Waals surface area contributed by atoms with Crippen LogP contribution in [0.5, 0.6) is 5.75 Å². The first kappa shape index (κ1) is 13.1. The summed E-state index contributed by atoms with van der Waals surface area (Å²) in [5, 5.41) is 3.43. The Kier molecular flexibility index (Phi) is 3.97. The molecule has 0 saturated heterocycles. The molecule has 1 aliphatic rings. The molecule has 3 heteroatoms. The van der Waals surface area contributed by atoms with E-state index in [4.69, 9.17) is 4.74 Å². The lowest BCUT2D eigenvalue weighted by atomic mass is 10.1. The highest BCUT2D eigenvalue weighted by molar-refractivity contribution is 5.26. The van der Waals surface area contributed by atoms with Gasteiger partial charge in [0.15, 0.2) is 0 Å². The first-order valence-electron chi connectivity index (χ1n) is 7.00. The van der Waals surface area contributed by atoms with Gasteiger partial charge in [0, 0.05) is 18.2 Å². The number of hydrogen-bond donors (Lipinski definition) is 1. The Hall–Kier alpha value is -1.87. The standard InChI is InChI=1S/C17H18FNO/c18-17-9-6-13(11-19-15-7-8-15)10-14(17)12-20-16-4-2-1-3-5-16/h1-6,9-10,15,19H,7-8,11-12H2. The van der Waals surface area contributed by atoms with Crippen LogP contribution < -0.4 is 10.1 Å². The van der Waals surface area contributed by atoms with Crippen LogP contribution in [0, 0.1) is 5.82 Å². The third-order valence-electron chi connectivity index (χ3n) is 3.42. The molecule has 0 aromatic heterocycles. The molecule has 1 fully saturated rings. The third kappa shape index (κ3) is 3.58. The molecule has 0 atom stereocenters. The summed E-state index contributed by atoms with van der Waals surface area (Å²) in [4.78, 5) is 0. The Morgan fingerprint density at radius 3 is 2.65 bits per heavy atom. The summed E-state index contributed by atoms with van der Waals surface area (Å²) < 4.78 is 19.4. The maximum absolute atomic E-state index is 13.8. The van der Waals surface area contributed by atoms with Crippen LogP contribution in [0.2, 0.25) is 0 Å². The van der Waals surface area contributed by atoms with Gasteiger partial charge < -0.3 is 10.1 Å². The van der Waals surface area contributed by atoms with Gasteiger partial charge in [-0.3, -0.25) is 0 Å². The summed E-state index contributed by atoms with van der Waals surface area (Å²) in [5.74, 6) is 0.546. The van der Waals surface area contributed by atoms with Crippen molar-refractivity contribution in [2.75, 3.05) is 0 Å². The smallest absolute Gasteiger partial charge is 0.129 e. The number of para-hydroxylation sites is 1. The highest BCUT2D eigenvalue weighted by Gasteiger charge is 2.20. The highest BCUT2D eigenvalue weighted by Crippen LogP contribution is 2.20. The number of rotatable bonds is 6. The first-order chi connectivity index (χ1) is 9.81. The third-order valence-corrected chi connectivity index (χ3v) is 3.42. The molecule has 0 unspecified atom stereocenters. The van der Waals surface area contributed by atoms with E-state index >= 15 is 0 Å². The molecule has 0 aliphatic heterocycles. The summed E-state index contributed by atoms with van der Waals surface area (Å²) in [7, 11) is 0. The molecule has 3 rings (SSSR count). The van der Waals surface area contributed by atoms with Gasteiger partial charge >= 0.3 is 0 Å². The zero-order valence-electron chi connectivity index (χ0n) is 11.3. The molecule has 0 amide bonds. The van der Waals surface area contributed by atoms with Crippen LogP contribution in [-0.4, -0.2) is 6.04 Å². The van der Waals surface area contributed by atoms with Crippen LogP contribution in [0.15, 0.2) is 48.5 Å². The second-order valence-corrected chi connectivity index (χ2v) is 5.18. The molecule has 20 heavy (non-hydrogen) atoms. The lowest BCUT2D eigenvalue weighted by Gasteiger charge is -2.09. The molecular weight excluding hydrogens is 253 g/mol. The van der Waals surface area contributed by atoms with Gasteiger partial charge in [0.2, 0.25) is 0 Å². The van der Waals surface area contributed by atoms with Crippen molar-refractivity contribution in [2.24, 2.45) is 0 Å². The van der Waals surface area contributed by atoms with E-state index in [2.05, 4.69) is 5.32 Å². The van der Waals surface area contributed by atoms with Gasteiger partial charge in [0.1, 0.15) is 18.2 Å². The van der Waals surface area contributed by atoms with Crippen molar-refractivity contribution in [2.45, 2.75) is 32.0 Å². The van der Waals surface area contributed by atoms with Crippen LogP contribution in [0.1, 0.15) is 24.0 Å². The fourth-order valence-electron chi connectivity index (χ4n) is 2.08. The quantitative estimate of drug-likeness (QED) is 0.865. The average Bonchev–Trinajstić information content (AvgIpc) is 3.30. The molecule has 0 radical (unpaired) electrons. The van der Waals surface area contributed by atoms with Crippen molar-refractivity contribution in [3.05, 3.63) is 65.5 Å². The van der Waals surface area contributed by atoms with E-state index in [0.29, 0.717) is 11.6 Å². The fourth-order valence-corrected chi connectivity index (χ4v) is 2.08. The van der Waals surface area contributed by atoms with Gasteiger partial charge in [-0.15, -0.1) is 0 Å². The largest absolute Gasteiger partial charge is 0.489 e. The molecule has 2 aromatic rings. The normalized spacial score (nSPS) is 14.2. The number of benzene rings is 2. The maximum Gasteiger partial charge on any atom is 0.129 e. The topological polar surface area (TPSA) is 21.3 Å². The summed E-state index contributed by atoms with van der Waals surface area (Å²) >= 11 is 0. The molecular formula is C17H18FNO. The van der Waals surface area contributed by atoms with Gasteiger partial charge in [-0.2, -0.15) is 0 Å². The zero-order chi connectivity index (χ0) is 13.8. The molecule has 2 nitrogen and oxygen atoms in total. The van der Waals surface area contributed by atoms with Crippen LogP contribution in [0.3, 0.4) is 0 Å². The molecule has 2 aromatic carbocycles. The Morgan fingerprint density at radius 1 is 1.10 bits per heavy atom. The molecule has 1 saturated carbocycles. The van der Waals surface area contributed by atoms with Crippen LogP contribution in [0.25, 0.3) is 0 Å². The van der Waals surface area contributed by atoms with Gasteiger partial charge in [-0.1, -0.05) is 24.3 Å². The minimum absolute atomic E-state index is 0.212. The van der Waals surface area contributed by atoms with Crippen molar-refractivity contribution >= 4 is 0 Å². The van der Waals surface area contributed by atoms with E-state index in [9.17, 15) is 4.39 Å². The van der Waals surface area contributed by atoms with Crippen LogP contribution in [0.4, 0.5) is 4.39 Å². The minimum Gasteiger partial charge on any atom is -0.489 e. The molecule has 104 valence electrons. The Morgan fingerprint density at radius 2 is 1.90 bits per heavy atom. The Labute approximate surface area is 118 Å². The van der Waals surface area contributed by atoms with E-state index in [-0.39, 0.29) is 12.4 Å². The van der Waals surface area contributed by atoms with Gasteiger partial charge in [-0.05, 0) is 42.7 Å². The minimum atomic E-state index is -0.212. The number of ether oxygens (including phenoxy) is 1. The number of hydrogen-bond acceptors (Lipinski definition) is 2.